The summed E-state index contributed by atoms with van der Waals surface area (Å²) in [5, 5.41) is 3.45. The highest BCUT2D eigenvalue weighted by atomic mass is 35.5. The Kier molecular flexibility index (Phi) is 5.67. The van der Waals surface area contributed by atoms with Crippen molar-refractivity contribution < 1.29 is 4.74 Å². The maximum Gasteiger partial charge on any atom is 0.180 e. The standard InChI is InChI=1S/C19H22N2O.ClH/c1-19(2)13-20-18(21-14-19)17(15-9-5-3-6-10-15)22-16-11-7-4-8-12-16;/h3-12,17H,13-14H2,1-2H3,(H,20,21);1H. The molecule has 0 amide bonds. The largest absolute Gasteiger partial charge is 0.478 e. The zero-order chi connectivity index (χ0) is 15.4. The number of para-hydroxylation sites is 1. The van der Waals surface area contributed by atoms with Crippen molar-refractivity contribution >= 4 is 18.2 Å². The van der Waals surface area contributed by atoms with Crippen LogP contribution in [0.3, 0.4) is 0 Å². The first-order chi connectivity index (χ1) is 10.6. The number of rotatable bonds is 4. The summed E-state index contributed by atoms with van der Waals surface area (Å²) in [6.45, 7) is 6.16. The minimum absolute atomic E-state index is 0. The molecule has 0 aromatic heterocycles. The van der Waals surface area contributed by atoms with Crippen LogP contribution in [0, 0.1) is 5.41 Å². The quantitative estimate of drug-likeness (QED) is 0.909. The van der Waals surface area contributed by atoms with Gasteiger partial charge in [-0.3, -0.25) is 4.99 Å². The van der Waals surface area contributed by atoms with Gasteiger partial charge in [-0.1, -0.05) is 62.4 Å². The van der Waals surface area contributed by atoms with Crippen molar-refractivity contribution in [2.45, 2.75) is 20.0 Å². The van der Waals surface area contributed by atoms with Crippen molar-refractivity contribution in [3.05, 3.63) is 66.2 Å². The van der Waals surface area contributed by atoms with E-state index >= 15 is 0 Å². The van der Waals surface area contributed by atoms with Gasteiger partial charge >= 0.3 is 0 Å². The molecule has 122 valence electrons. The number of ether oxygens (including phenoxy) is 1. The second-order valence-corrected chi connectivity index (χ2v) is 6.44. The third-order valence-corrected chi connectivity index (χ3v) is 3.77. The molecular weight excluding hydrogens is 308 g/mol. The fourth-order valence-electron chi connectivity index (χ4n) is 2.46. The highest BCUT2D eigenvalue weighted by molar-refractivity contribution is 5.88. The molecule has 4 heteroatoms. The Hall–Kier alpha value is -2.00. The average Bonchev–Trinajstić information content (AvgIpc) is 2.55. The fraction of sp³-hybridized carbons (Fsp3) is 0.316. The SMILES string of the molecule is CC1(C)CN=C(C(Oc2ccccc2)c2ccccc2)NC1.Cl. The number of hydrogen-bond acceptors (Lipinski definition) is 3. The minimum Gasteiger partial charge on any atom is -0.478 e. The summed E-state index contributed by atoms with van der Waals surface area (Å²) >= 11 is 0. The molecule has 1 aliphatic rings. The molecule has 3 nitrogen and oxygen atoms in total. The van der Waals surface area contributed by atoms with E-state index in [0.29, 0.717) is 0 Å². The van der Waals surface area contributed by atoms with Gasteiger partial charge in [-0.25, -0.2) is 0 Å². The second kappa shape index (κ2) is 7.51. The van der Waals surface area contributed by atoms with E-state index in [0.717, 1.165) is 30.2 Å². The van der Waals surface area contributed by atoms with Crippen molar-refractivity contribution in [2.24, 2.45) is 10.4 Å². The lowest BCUT2D eigenvalue weighted by atomic mass is 9.92. The van der Waals surface area contributed by atoms with E-state index in [1.807, 2.05) is 48.5 Å². The van der Waals surface area contributed by atoms with Gasteiger partial charge < -0.3 is 10.1 Å². The predicted octanol–water partition coefficient (Wildman–Crippen LogP) is 4.26. The maximum atomic E-state index is 6.21. The average molecular weight is 331 g/mol. The third kappa shape index (κ3) is 4.49. The van der Waals surface area contributed by atoms with Crippen LogP contribution >= 0.6 is 12.4 Å². The van der Waals surface area contributed by atoms with Gasteiger partial charge in [0.15, 0.2) is 6.10 Å². The van der Waals surface area contributed by atoms with E-state index in [9.17, 15) is 0 Å². The Labute approximate surface area is 144 Å². The zero-order valence-corrected chi connectivity index (χ0v) is 14.3. The molecule has 0 saturated carbocycles. The van der Waals surface area contributed by atoms with Crippen molar-refractivity contribution in [3.63, 3.8) is 0 Å². The monoisotopic (exact) mass is 330 g/mol. The highest BCUT2D eigenvalue weighted by Gasteiger charge is 2.28. The number of nitrogens with zero attached hydrogens (tertiary/aromatic N) is 1. The summed E-state index contributed by atoms with van der Waals surface area (Å²) < 4.78 is 6.21. The minimum atomic E-state index is -0.195. The first-order valence-corrected chi connectivity index (χ1v) is 7.69. The van der Waals surface area contributed by atoms with E-state index in [-0.39, 0.29) is 23.9 Å². The van der Waals surface area contributed by atoms with Crippen molar-refractivity contribution in [1.82, 2.24) is 5.32 Å². The summed E-state index contributed by atoms with van der Waals surface area (Å²) in [6.07, 6.45) is -0.195. The Morgan fingerprint density at radius 3 is 2.17 bits per heavy atom. The summed E-state index contributed by atoms with van der Waals surface area (Å²) in [6, 6.07) is 20.1. The van der Waals surface area contributed by atoms with Gasteiger partial charge in [0.25, 0.3) is 0 Å². The van der Waals surface area contributed by atoms with Gasteiger partial charge in [0.1, 0.15) is 11.6 Å². The Morgan fingerprint density at radius 2 is 1.61 bits per heavy atom. The molecule has 3 rings (SSSR count). The lowest BCUT2D eigenvalue weighted by Crippen LogP contribution is -2.44. The van der Waals surface area contributed by atoms with E-state index in [1.54, 1.807) is 0 Å². The molecule has 0 saturated heterocycles. The van der Waals surface area contributed by atoms with Gasteiger partial charge in [0, 0.05) is 18.5 Å². The van der Waals surface area contributed by atoms with Crippen molar-refractivity contribution in [2.75, 3.05) is 13.1 Å². The lowest BCUT2D eigenvalue weighted by molar-refractivity contribution is 0.258. The van der Waals surface area contributed by atoms with Crippen LogP contribution in [0.2, 0.25) is 0 Å². The van der Waals surface area contributed by atoms with Crippen molar-refractivity contribution in [3.8, 4) is 5.75 Å². The number of aliphatic imine (C=N–C) groups is 1. The van der Waals surface area contributed by atoms with Crippen LogP contribution in [-0.2, 0) is 0 Å². The summed E-state index contributed by atoms with van der Waals surface area (Å²) in [4.78, 5) is 4.74. The predicted molar refractivity (Wildman–Crippen MR) is 97.6 cm³/mol. The number of benzene rings is 2. The van der Waals surface area contributed by atoms with Crippen LogP contribution in [0.25, 0.3) is 0 Å². The van der Waals surface area contributed by atoms with Crippen molar-refractivity contribution in [1.29, 1.82) is 0 Å². The topological polar surface area (TPSA) is 33.6 Å². The summed E-state index contributed by atoms with van der Waals surface area (Å²) in [7, 11) is 0. The first-order valence-electron chi connectivity index (χ1n) is 7.69. The molecular formula is C19H23ClN2O. The summed E-state index contributed by atoms with van der Waals surface area (Å²) in [5.74, 6) is 1.76. The molecule has 0 radical (unpaired) electrons. The Balaban J connectivity index is 0.00000192. The highest BCUT2D eigenvalue weighted by Crippen LogP contribution is 2.26. The maximum absolute atomic E-state index is 6.21. The van der Waals surface area contributed by atoms with Crippen LogP contribution in [-0.4, -0.2) is 18.9 Å². The fourth-order valence-corrected chi connectivity index (χ4v) is 2.46. The molecule has 23 heavy (non-hydrogen) atoms. The van der Waals surface area contributed by atoms with Crippen LogP contribution in [0.5, 0.6) is 5.75 Å². The number of nitrogens with one attached hydrogen (secondary N) is 1. The van der Waals surface area contributed by atoms with Gasteiger partial charge in [0.05, 0.1) is 0 Å². The van der Waals surface area contributed by atoms with Crippen LogP contribution < -0.4 is 10.1 Å². The second-order valence-electron chi connectivity index (χ2n) is 6.44. The Bertz CT molecular complexity index is 641. The molecule has 1 atom stereocenters. The van der Waals surface area contributed by atoms with E-state index in [2.05, 4.69) is 31.3 Å². The smallest absolute Gasteiger partial charge is 0.180 e. The van der Waals surface area contributed by atoms with Gasteiger partial charge in [-0.05, 0) is 17.7 Å². The number of hydrogen-bond donors (Lipinski definition) is 1. The normalized spacial score (nSPS) is 17.2. The van der Waals surface area contributed by atoms with E-state index < -0.39 is 0 Å². The molecule has 1 N–H and O–H groups in total. The van der Waals surface area contributed by atoms with E-state index in [4.69, 9.17) is 9.73 Å². The van der Waals surface area contributed by atoms with E-state index in [1.165, 1.54) is 0 Å². The first kappa shape index (κ1) is 17.4. The van der Waals surface area contributed by atoms with Crippen LogP contribution in [0.1, 0.15) is 25.5 Å². The van der Waals surface area contributed by atoms with Gasteiger partial charge in [-0.2, -0.15) is 0 Å². The lowest BCUT2D eigenvalue weighted by Gasteiger charge is -2.32. The third-order valence-electron chi connectivity index (χ3n) is 3.77. The molecule has 1 unspecified atom stereocenters. The molecule has 1 aliphatic heterocycles. The summed E-state index contributed by atoms with van der Waals surface area (Å²) in [5.41, 5.74) is 1.30. The van der Waals surface area contributed by atoms with Crippen LogP contribution in [0.4, 0.5) is 0 Å². The zero-order valence-electron chi connectivity index (χ0n) is 13.5. The molecule has 0 bridgehead atoms. The molecule has 0 spiro atoms. The molecule has 2 aromatic carbocycles. The van der Waals surface area contributed by atoms with Gasteiger partial charge in [-0.15, -0.1) is 12.4 Å². The van der Waals surface area contributed by atoms with Gasteiger partial charge in [0.2, 0.25) is 0 Å². The number of amidine groups is 1. The molecule has 0 aliphatic carbocycles. The molecule has 1 heterocycles. The number of halogens is 1. The molecule has 2 aromatic rings. The Morgan fingerprint density at radius 1 is 1.00 bits per heavy atom. The van der Waals surface area contributed by atoms with Crippen LogP contribution in [0.15, 0.2) is 65.7 Å². The molecule has 0 fully saturated rings.